The standard InChI is InChI=1S/C18H12F3N5S/c19-18(20,21)13-7-6-12(9-22-13)25-16-15-17(24-10-23-16)27-14(26-15)8-11-4-2-1-3-5-11/h1-7,9-10H,8H2,(H,23,24,25). The van der Waals surface area contributed by atoms with Crippen LogP contribution >= 0.6 is 11.3 Å². The van der Waals surface area contributed by atoms with Crippen molar-refractivity contribution in [2.75, 3.05) is 5.32 Å². The molecule has 0 aliphatic heterocycles. The fourth-order valence-electron chi connectivity index (χ4n) is 2.51. The van der Waals surface area contributed by atoms with Gasteiger partial charge in [-0.2, -0.15) is 13.2 Å². The number of halogens is 3. The Morgan fingerprint density at radius 1 is 0.963 bits per heavy atom. The number of fused-ring (bicyclic) bond motifs is 1. The Morgan fingerprint density at radius 2 is 1.78 bits per heavy atom. The largest absolute Gasteiger partial charge is 0.433 e. The molecular formula is C18H12F3N5S. The number of hydrogen-bond acceptors (Lipinski definition) is 6. The second kappa shape index (κ2) is 6.92. The van der Waals surface area contributed by atoms with E-state index in [9.17, 15) is 13.2 Å². The van der Waals surface area contributed by atoms with E-state index in [2.05, 4.69) is 25.3 Å². The van der Waals surface area contributed by atoms with Crippen molar-refractivity contribution in [2.24, 2.45) is 0 Å². The molecular weight excluding hydrogens is 375 g/mol. The van der Waals surface area contributed by atoms with Crippen molar-refractivity contribution in [1.82, 2.24) is 19.9 Å². The molecule has 0 saturated carbocycles. The van der Waals surface area contributed by atoms with Gasteiger partial charge in [0.05, 0.1) is 16.9 Å². The quantitative estimate of drug-likeness (QED) is 0.543. The summed E-state index contributed by atoms with van der Waals surface area (Å²) in [4.78, 5) is 17.1. The van der Waals surface area contributed by atoms with Crippen LogP contribution in [0.3, 0.4) is 0 Å². The highest BCUT2D eigenvalue weighted by atomic mass is 32.1. The monoisotopic (exact) mass is 387 g/mol. The Balaban J connectivity index is 1.60. The van der Waals surface area contributed by atoms with Gasteiger partial charge in [-0.1, -0.05) is 41.7 Å². The topological polar surface area (TPSA) is 63.6 Å². The number of aromatic nitrogens is 4. The summed E-state index contributed by atoms with van der Waals surface area (Å²) in [5, 5.41) is 3.85. The lowest BCUT2D eigenvalue weighted by Gasteiger charge is -2.08. The molecule has 3 heterocycles. The Hall–Kier alpha value is -3.07. The SMILES string of the molecule is FC(F)(F)c1ccc(Nc2ncnc3sc(Cc4ccccc4)nc23)cn1. The van der Waals surface area contributed by atoms with Crippen LogP contribution in [0, 0.1) is 0 Å². The van der Waals surface area contributed by atoms with Crippen molar-refractivity contribution >= 4 is 33.2 Å². The number of rotatable bonds is 4. The molecule has 5 nitrogen and oxygen atoms in total. The highest BCUT2D eigenvalue weighted by molar-refractivity contribution is 7.18. The van der Waals surface area contributed by atoms with Gasteiger partial charge < -0.3 is 5.32 Å². The lowest BCUT2D eigenvalue weighted by Crippen LogP contribution is -2.07. The minimum absolute atomic E-state index is 0.389. The summed E-state index contributed by atoms with van der Waals surface area (Å²) in [6.45, 7) is 0. The average molecular weight is 387 g/mol. The zero-order valence-electron chi connectivity index (χ0n) is 13.7. The van der Waals surface area contributed by atoms with Crippen molar-refractivity contribution in [2.45, 2.75) is 12.6 Å². The van der Waals surface area contributed by atoms with Crippen LogP contribution in [0.2, 0.25) is 0 Å². The number of anilines is 2. The van der Waals surface area contributed by atoms with Gasteiger partial charge in [0.25, 0.3) is 0 Å². The maximum Gasteiger partial charge on any atom is 0.433 e. The molecule has 0 aliphatic rings. The molecule has 0 saturated heterocycles. The maximum absolute atomic E-state index is 12.6. The lowest BCUT2D eigenvalue weighted by molar-refractivity contribution is -0.141. The molecule has 0 aliphatic carbocycles. The zero-order chi connectivity index (χ0) is 18.9. The molecule has 0 unspecified atom stereocenters. The van der Waals surface area contributed by atoms with Crippen LogP contribution in [0.15, 0.2) is 55.0 Å². The Labute approximate surface area is 156 Å². The van der Waals surface area contributed by atoms with Crippen molar-refractivity contribution in [3.63, 3.8) is 0 Å². The number of pyridine rings is 1. The third-order valence-electron chi connectivity index (χ3n) is 3.75. The highest BCUT2D eigenvalue weighted by Crippen LogP contribution is 2.30. The summed E-state index contributed by atoms with van der Waals surface area (Å²) in [5.41, 5.74) is 1.15. The third-order valence-corrected chi connectivity index (χ3v) is 4.72. The van der Waals surface area contributed by atoms with Crippen LogP contribution in [-0.4, -0.2) is 19.9 Å². The van der Waals surface area contributed by atoms with Crippen molar-refractivity contribution in [3.8, 4) is 0 Å². The van der Waals surface area contributed by atoms with Gasteiger partial charge in [0.15, 0.2) is 5.82 Å². The number of nitrogens with one attached hydrogen (secondary N) is 1. The molecule has 3 aromatic heterocycles. The Bertz CT molecular complexity index is 1060. The number of hydrogen-bond donors (Lipinski definition) is 1. The van der Waals surface area contributed by atoms with Gasteiger partial charge in [0.2, 0.25) is 0 Å². The van der Waals surface area contributed by atoms with E-state index in [1.165, 1.54) is 23.7 Å². The van der Waals surface area contributed by atoms with E-state index in [1.807, 2.05) is 30.3 Å². The number of benzene rings is 1. The van der Waals surface area contributed by atoms with E-state index >= 15 is 0 Å². The summed E-state index contributed by atoms with van der Waals surface area (Å²) in [5.74, 6) is 0.428. The van der Waals surface area contributed by atoms with Gasteiger partial charge in [-0.3, -0.25) is 0 Å². The summed E-state index contributed by atoms with van der Waals surface area (Å²) in [7, 11) is 0. The molecule has 9 heteroatoms. The third kappa shape index (κ3) is 3.87. The molecule has 0 spiro atoms. The van der Waals surface area contributed by atoms with E-state index in [-0.39, 0.29) is 0 Å². The van der Waals surface area contributed by atoms with Gasteiger partial charge in [-0.25, -0.2) is 19.9 Å². The first-order valence-corrected chi connectivity index (χ1v) is 8.75. The van der Waals surface area contributed by atoms with Crippen molar-refractivity contribution in [1.29, 1.82) is 0 Å². The summed E-state index contributed by atoms with van der Waals surface area (Å²) >= 11 is 1.46. The molecule has 0 fully saturated rings. The highest BCUT2D eigenvalue weighted by Gasteiger charge is 2.32. The lowest BCUT2D eigenvalue weighted by atomic mass is 10.2. The minimum atomic E-state index is -4.47. The molecule has 4 aromatic rings. The van der Waals surface area contributed by atoms with Crippen LogP contribution in [-0.2, 0) is 12.6 Å². The van der Waals surface area contributed by atoms with Crippen LogP contribution in [0.5, 0.6) is 0 Å². The van der Waals surface area contributed by atoms with Gasteiger partial charge in [-0.15, -0.1) is 0 Å². The zero-order valence-corrected chi connectivity index (χ0v) is 14.6. The van der Waals surface area contributed by atoms with E-state index < -0.39 is 11.9 Å². The fraction of sp³-hybridized carbons (Fsp3) is 0.111. The molecule has 0 amide bonds. The normalized spacial score (nSPS) is 11.7. The summed E-state index contributed by atoms with van der Waals surface area (Å²) in [6.07, 6.45) is -1.29. The average Bonchev–Trinajstić information content (AvgIpc) is 3.06. The fourth-order valence-corrected chi connectivity index (χ4v) is 3.44. The van der Waals surface area contributed by atoms with Crippen molar-refractivity contribution in [3.05, 3.63) is 71.3 Å². The second-order valence-electron chi connectivity index (χ2n) is 5.70. The van der Waals surface area contributed by atoms with E-state index in [1.54, 1.807) is 0 Å². The smallest absolute Gasteiger partial charge is 0.337 e. The van der Waals surface area contributed by atoms with Crippen LogP contribution in [0.4, 0.5) is 24.7 Å². The van der Waals surface area contributed by atoms with Gasteiger partial charge in [0, 0.05) is 6.42 Å². The molecule has 136 valence electrons. The predicted molar refractivity (Wildman–Crippen MR) is 97.0 cm³/mol. The minimum Gasteiger partial charge on any atom is -0.337 e. The first-order valence-electron chi connectivity index (χ1n) is 7.93. The van der Waals surface area contributed by atoms with Crippen molar-refractivity contribution < 1.29 is 13.2 Å². The first-order chi connectivity index (χ1) is 13.0. The van der Waals surface area contributed by atoms with Crippen LogP contribution < -0.4 is 5.32 Å². The molecule has 1 aromatic carbocycles. The Kier molecular flexibility index (Phi) is 4.44. The number of alkyl halides is 3. The molecule has 1 N–H and O–H groups in total. The molecule has 0 atom stereocenters. The van der Waals surface area contributed by atoms with Crippen LogP contribution in [0.1, 0.15) is 16.3 Å². The van der Waals surface area contributed by atoms with E-state index in [0.717, 1.165) is 22.8 Å². The molecule has 27 heavy (non-hydrogen) atoms. The van der Waals surface area contributed by atoms with E-state index in [4.69, 9.17) is 0 Å². The van der Waals surface area contributed by atoms with Gasteiger partial charge in [-0.05, 0) is 17.7 Å². The Morgan fingerprint density at radius 3 is 2.48 bits per heavy atom. The molecule has 4 rings (SSSR count). The number of thiazole rings is 1. The molecule has 0 radical (unpaired) electrons. The number of nitrogens with zero attached hydrogens (tertiary/aromatic N) is 4. The predicted octanol–water partition coefficient (Wildman–Crippen LogP) is 4.83. The van der Waals surface area contributed by atoms with Gasteiger partial charge in [0.1, 0.15) is 22.4 Å². The maximum atomic E-state index is 12.6. The van der Waals surface area contributed by atoms with Gasteiger partial charge >= 0.3 is 6.18 Å². The molecule has 0 bridgehead atoms. The van der Waals surface area contributed by atoms with E-state index in [0.29, 0.717) is 28.3 Å². The summed E-state index contributed by atoms with van der Waals surface area (Å²) in [6, 6.07) is 12.1. The first kappa shape index (κ1) is 17.3. The second-order valence-corrected chi connectivity index (χ2v) is 6.76. The summed E-state index contributed by atoms with van der Waals surface area (Å²) < 4.78 is 37.9. The van der Waals surface area contributed by atoms with Crippen LogP contribution in [0.25, 0.3) is 10.3 Å².